The third-order valence-corrected chi connectivity index (χ3v) is 6.60. The Labute approximate surface area is 171 Å². The van der Waals surface area contributed by atoms with Crippen LogP contribution in [0.2, 0.25) is 0 Å². The molecule has 0 spiro atoms. The number of nitrogens with zero attached hydrogens (tertiary/aromatic N) is 2. The summed E-state index contributed by atoms with van der Waals surface area (Å²) >= 11 is 0. The highest BCUT2D eigenvalue weighted by molar-refractivity contribution is 6.23. The first kappa shape index (κ1) is 18.4. The van der Waals surface area contributed by atoms with E-state index < -0.39 is 6.04 Å². The molecule has 0 N–H and O–H groups in total. The molecule has 1 aliphatic carbocycles. The highest BCUT2D eigenvalue weighted by Crippen LogP contribution is 2.35. The number of aryl methyl sites for hydroxylation is 2. The summed E-state index contributed by atoms with van der Waals surface area (Å²) in [5, 5.41) is 0. The Morgan fingerprint density at radius 3 is 2.38 bits per heavy atom. The molecule has 1 atom stereocenters. The number of carbonyl (C=O) groups is 2. The molecule has 1 unspecified atom stereocenters. The number of rotatable bonds is 3. The molecule has 2 aromatic rings. The second-order valence-corrected chi connectivity index (χ2v) is 8.28. The second-order valence-electron chi connectivity index (χ2n) is 8.28. The van der Waals surface area contributed by atoms with Crippen LogP contribution in [0.3, 0.4) is 0 Å². The number of ether oxygens (including phenoxy) is 1. The predicted molar refractivity (Wildman–Crippen MR) is 111 cm³/mol. The summed E-state index contributed by atoms with van der Waals surface area (Å²) in [6, 6.07) is 11.6. The SMILES string of the molecule is COc1ccccc1N1C(=O)CC(N2CCc3cc4c(cc3C2)CCCC4)C1=O. The molecule has 0 bridgehead atoms. The molecule has 1 saturated heterocycles. The number of fused-ring (bicyclic) bond motifs is 2. The summed E-state index contributed by atoms with van der Waals surface area (Å²) in [5.41, 5.74) is 6.27. The molecule has 150 valence electrons. The number of hydrogen-bond acceptors (Lipinski definition) is 4. The summed E-state index contributed by atoms with van der Waals surface area (Å²) < 4.78 is 5.37. The fraction of sp³-hybridized carbons (Fsp3) is 0.417. The number of amides is 2. The van der Waals surface area contributed by atoms with Crippen molar-refractivity contribution in [1.29, 1.82) is 0 Å². The lowest BCUT2D eigenvalue weighted by Gasteiger charge is -2.33. The van der Waals surface area contributed by atoms with Crippen LogP contribution in [0.4, 0.5) is 5.69 Å². The molecule has 5 heteroatoms. The van der Waals surface area contributed by atoms with Crippen LogP contribution in [0, 0.1) is 0 Å². The van der Waals surface area contributed by atoms with Gasteiger partial charge >= 0.3 is 0 Å². The number of para-hydroxylation sites is 2. The van der Waals surface area contributed by atoms with Crippen molar-refractivity contribution in [2.75, 3.05) is 18.6 Å². The second kappa shape index (κ2) is 7.30. The van der Waals surface area contributed by atoms with Crippen molar-refractivity contribution in [3.8, 4) is 5.75 Å². The van der Waals surface area contributed by atoms with Crippen molar-refractivity contribution in [3.63, 3.8) is 0 Å². The van der Waals surface area contributed by atoms with Crippen LogP contribution >= 0.6 is 0 Å². The van der Waals surface area contributed by atoms with E-state index in [1.807, 2.05) is 12.1 Å². The van der Waals surface area contributed by atoms with Gasteiger partial charge in [0, 0.05) is 13.1 Å². The van der Waals surface area contributed by atoms with E-state index in [2.05, 4.69) is 17.0 Å². The number of methoxy groups -OCH3 is 1. The molecule has 1 fully saturated rings. The molecule has 5 nitrogen and oxygen atoms in total. The van der Waals surface area contributed by atoms with Crippen molar-refractivity contribution < 1.29 is 14.3 Å². The maximum Gasteiger partial charge on any atom is 0.251 e. The van der Waals surface area contributed by atoms with E-state index >= 15 is 0 Å². The molecule has 2 aliphatic heterocycles. The minimum atomic E-state index is -0.392. The zero-order valence-corrected chi connectivity index (χ0v) is 16.8. The summed E-state index contributed by atoms with van der Waals surface area (Å²) in [6.07, 6.45) is 6.07. The Morgan fingerprint density at radius 2 is 1.62 bits per heavy atom. The van der Waals surface area contributed by atoms with E-state index in [0.717, 1.165) is 25.9 Å². The summed E-state index contributed by atoms with van der Waals surface area (Å²) in [4.78, 5) is 29.5. The Hall–Kier alpha value is -2.66. The molecule has 0 aromatic heterocycles. The van der Waals surface area contributed by atoms with E-state index in [4.69, 9.17) is 4.74 Å². The lowest BCUT2D eigenvalue weighted by Crippen LogP contribution is -2.44. The fourth-order valence-electron chi connectivity index (χ4n) is 5.06. The molecular weight excluding hydrogens is 364 g/mol. The number of anilines is 1. The van der Waals surface area contributed by atoms with Gasteiger partial charge in [-0.1, -0.05) is 24.3 Å². The maximum absolute atomic E-state index is 13.2. The summed E-state index contributed by atoms with van der Waals surface area (Å²) in [6.45, 7) is 1.56. The first-order valence-electron chi connectivity index (χ1n) is 10.5. The first-order chi connectivity index (χ1) is 14.2. The monoisotopic (exact) mass is 390 g/mol. The van der Waals surface area contributed by atoms with Crippen LogP contribution in [0.25, 0.3) is 0 Å². The van der Waals surface area contributed by atoms with Crippen molar-refractivity contribution in [3.05, 3.63) is 58.7 Å². The average Bonchev–Trinajstić information content (AvgIpc) is 3.05. The van der Waals surface area contributed by atoms with Crippen LogP contribution in [0.15, 0.2) is 36.4 Å². The van der Waals surface area contributed by atoms with Crippen LogP contribution in [0.5, 0.6) is 5.75 Å². The Bertz CT molecular complexity index is 984. The van der Waals surface area contributed by atoms with Gasteiger partial charge in [-0.3, -0.25) is 14.5 Å². The standard InChI is InChI=1S/C24H26N2O3/c1-29-22-9-5-4-8-20(22)26-23(27)14-21(24(26)28)25-11-10-18-12-16-6-2-3-7-17(16)13-19(18)15-25/h4-5,8-9,12-13,21H,2-3,6-7,10-11,14-15H2,1H3. The smallest absolute Gasteiger partial charge is 0.251 e. The normalized spacial score (nSPS) is 21.8. The Balaban J connectivity index is 1.40. The lowest BCUT2D eigenvalue weighted by molar-refractivity contribution is -0.123. The van der Waals surface area contributed by atoms with Crippen LogP contribution in [0.1, 0.15) is 41.5 Å². The van der Waals surface area contributed by atoms with E-state index in [1.165, 1.54) is 46.4 Å². The molecule has 3 aliphatic rings. The minimum Gasteiger partial charge on any atom is -0.495 e. The van der Waals surface area contributed by atoms with Crippen molar-refractivity contribution >= 4 is 17.5 Å². The number of carbonyl (C=O) groups excluding carboxylic acids is 2. The van der Waals surface area contributed by atoms with Gasteiger partial charge in [-0.05, 0) is 66.5 Å². The molecule has 5 rings (SSSR count). The average molecular weight is 390 g/mol. The Morgan fingerprint density at radius 1 is 0.931 bits per heavy atom. The van der Waals surface area contributed by atoms with Gasteiger partial charge in [-0.15, -0.1) is 0 Å². The lowest BCUT2D eigenvalue weighted by atomic mass is 9.86. The highest BCUT2D eigenvalue weighted by atomic mass is 16.5. The van der Waals surface area contributed by atoms with Crippen molar-refractivity contribution in [2.24, 2.45) is 0 Å². The number of hydrogen-bond donors (Lipinski definition) is 0. The zero-order chi connectivity index (χ0) is 20.0. The van der Waals surface area contributed by atoms with Gasteiger partial charge < -0.3 is 4.74 Å². The number of imide groups is 1. The van der Waals surface area contributed by atoms with Gasteiger partial charge in [0.05, 0.1) is 25.3 Å². The molecule has 2 amide bonds. The van der Waals surface area contributed by atoms with Gasteiger partial charge in [0.1, 0.15) is 5.75 Å². The number of benzene rings is 2. The van der Waals surface area contributed by atoms with Crippen LogP contribution in [-0.4, -0.2) is 36.4 Å². The molecule has 29 heavy (non-hydrogen) atoms. The zero-order valence-electron chi connectivity index (χ0n) is 16.8. The van der Waals surface area contributed by atoms with Crippen LogP contribution < -0.4 is 9.64 Å². The van der Waals surface area contributed by atoms with E-state index in [0.29, 0.717) is 11.4 Å². The fourth-order valence-corrected chi connectivity index (χ4v) is 5.06. The minimum absolute atomic E-state index is 0.138. The third-order valence-electron chi connectivity index (χ3n) is 6.60. The predicted octanol–water partition coefficient (Wildman–Crippen LogP) is 3.26. The van der Waals surface area contributed by atoms with E-state index in [-0.39, 0.29) is 18.2 Å². The Kier molecular flexibility index (Phi) is 4.63. The molecule has 2 aromatic carbocycles. The maximum atomic E-state index is 13.2. The largest absolute Gasteiger partial charge is 0.495 e. The van der Waals surface area contributed by atoms with E-state index in [9.17, 15) is 9.59 Å². The first-order valence-corrected chi connectivity index (χ1v) is 10.5. The molecular formula is C24H26N2O3. The van der Waals surface area contributed by atoms with Gasteiger partial charge in [-0.2, -0.15) is 0 Å². The van der Waals surface area contributed by atoms with Gasteiger partial charge in [0.2, 0.25) is 5.91 Å². The summed E-state index contributed by atoms with van der Waals surface area (Å²) in [5.74, 6) is 0.257. The topological polar surface area (TPSA) is 49.9 Å². The van der Waals surface area contributed by atoms with E-state index in [1.54, 1.807) is 19.2 Å². The quantitative estimate of drug-likeness (QED) is 0.755. The highest BCUT2D eigenvalue weighted by Gasteiger charge is 2.44. The van der Waals surface area contributed by atoms with Gasteiger partial charge in [0.15, 0.2) is 0 Å². The summed E-state index contributed by atoms with van der Waals surface area (Å²) in [7, 11) is 1.56. The third kappa shape index (κ3) is 3.14. The van der Waals surface area contributed by atoms with Gasteiger partial charge in [0.25, 0.3) is 5.91 Å². The molecule has 0 saturated carbocycles. The van der Waals surface area contributed by atoms with Gasteiger partial charge in [-0.25, -0.2) is 4.90 Å². The van der Waals surface area contributed by atoms with Crippen molar-refractivity contribution in [1.82, 2.24) is 4.90 Å². The van der Waals surface area contributed by atoms with Crippen LogP contribution in [-0.2, 0) is 35.4 Å². The molecule has 2 heterocycles. The van der Waals surface area contributed by atoms with Crippen molar-refractivity contribution in [2.45, 2.75) is 51.1 Å². The molecule has 0 radical (unpaired) electrons.